The highest BCUT2D eigenvalue weighted by Gasteiger charge is 2.36. The van der Waals surface area contributed by atoms with E-state index in [1.165, 1.54) is 0 Å². The standard InChI is InChI=1S/C18H25N3O2S/c1-4-5-14(2)17(22)21-13-24-12-16(21)18(23)20(3)11-8-15-6-9-19-10-7-15/h5-7,9-10,16H,4,8,11-13H2,1-3H3/b14-5+/t16-/m1/s1. The molecular weight excluding hydrogens is 322 g/mol. The van der Waals surface area contributed by atoms with Crippen molar-refractivity contribution >= 4 is 23.6 Å². The van der Waals surface area contributed by atoms with Crippen LogP contribution in [0.4, 0.5) is 0 Å². The largest absolute Gasteiger partial charge is 0.344 e. The van der Waals surface area contributed by atoms with Gasteiger partial charge in [0, 0.05) is 37.3 Å². The van der Waals surface area contributed by atoms with Crippen LogP contribution in [0, 0.1) is 0 Å². The van der Waals surface area contributed by atoms with Gasteiger partial charge < -0.3 is 9.80 Å². The number of pyridine rings is 1. The molecule has 2 heterocycles. The normalized spacial score (nSPS) is 17.9. The molecule has 130 valence electrons. The van der Waals surface area contributed by atoms with Gasteiger partial charge in [-0.25, -0.2) is 0 Å². The number of hydrogen-bond donors (Lipinski definition) is 0. The number of carbonyl (C=O) groups is 2. The Hall–Kier alpha value is -1.82. The molecule has 1 aromatic rings. The van der Waals surface area contributed by atoms with Crippen LogP contribution in [0.15, 0.2) is 36.2 Å². The van der Waals surface area contributed by atoms with Gasteiger partial charge in [0.15, 0.2) is 0 Å². The fourth-order valence-electron chi connectivity index (χ4n) is 2.68. The van der Waals surface area contributed by atoms with Gasteiger partial charge in [-0.05, 0) is 37.5 Å². The number of allylic oxidation sites excluding steroid dienone is 1. The topological polar surface area (TPSA) is 53.5 Å². The number of thioether (sulfide) groups is 1. The van der Waals surface area contributed by atoms with E-state index in [9.17, 15) is 9.59 Å². The van der Waals surface area contributed by atoms with E-state index in [4.69, 9.17) is 0 Å². The summed E-state index contributed by atoms with van der Waals surface area (Å²) in [5.41, 5.74) is 1.87. The highest BCUT2D eigenvalue weighted by molar-refractivity contribution is 7.99. The molecule has 24 heavy (non-hydrogen) atoms. The number of carbonyl (C=O) groups excluding carboxylic acids is 2. The number of likely N-dealkylation sites (N-methyl/N-ethyl adjacent to an activating group) is 1. The zero-order chi connectivity index (χ0) is 17.5. The molecule has 1 aliphatic heterocycles. The lowest BCUT2D eigenvalue weighted by molar-refractivity contribution is -0.140. The number of amides is 2. The molecule has 0 aromatic carbocycles. The second-order valence-electron chi connectivity index (χ2n) is 5.95. The molecule has 0 unspecified atom stereocenters. The third-order valence-corrected chi connectivity index (χ3v) is 5.15. The Bertz CT molecular complexity index is 604. The summed E-state index contributed by atoms with van der Waals surface area (Å²) < 4.78 is 0. The summed E-state index contributed by atoms with van der Waals surface area (Å²) in [6.07, 6.45) is 7.04. The highest BCUT2D eigenvalue weighted by Crippen LogP contribution is 2.24. The van der Waals surface area contributed by atoms with E-state index < -0.39 is 0 Å². The first-order chi connectivity index (χ1) is 11.5. The highest BCUT2D eigenvalue weighted by atomic mass is 32.2. The molecule has 6 heteroatoms. The fraction of sp³-hybridized carbons (Fsp3) is 0.500. The molecular formula is C18H25N3O2S. The average Bonchev–Trinajstić information content (AvgIpc) is 3.09. The van der Waals surface area contributed by atoms with Gasteiger partial charge in [0.2, 0.25) is 5.91 Å². The molecule has 0 spiro atoms. The van der Waals surface area contributed by atoms with E-state index in [2.05, 4.69) is 4.98 Å². The van der Waals surface area contributed by atoms with E-state index in [0.29, 0.717) is 18.2 Å². The third-order valence-electron chi connectivity index (χ3n) is 4.14. The van der Waals surface area contributed by atoms with Gasteiger partial charge in [-0.15, -0.1) is 11.8 Å². The van der Waals surface area contributed by atoms with Crippen molar-refractivity contribution in [3.05, 3.63) is 41.7 Å². The number of hydrogen-bond acceptors (Lipinski definition) is 4. The van der Waals surface area contributed by atoms with Crippen LogP contribution in [-0.4, -0.2) is 57.9 Å². The minimum Gasteiger partial charge on any atom is -0.344 e. The van der Waals surface area contributed by atoms with Gasteiger partial charge in [-0.3, -0.25) is 14.6 Å². The predicted octanol–water partition coefficient (Wildman–Crippen LogP) is 2.34. The summed E-state index contributed by atoms with van der Waals surface area (Å²) in [6.45, 7) is 4.46. The Morgan fingerprint density at radius 2 is 2.12 bits per heavy atom. The van der Waals surface area contributed by atoms with Crippen LogP contribution >= 0.6 is 11.8 Å². The summed E-state index contributed by atoms with van der Waals surface area (Å²) in [5.74, 6) is 1.25. The molecule has 1 aromatic heterocycles. The number of rotatable bonds is 6. The minimum absolute atomic E-state index is 0.0201. The van der Waals surface area contributed by atoms with Gasteiger partial charge in [-0.1, -0.05) is 13.0 Å². The molecule has 0 N–H and O–H groups in total. The maximum absolute atomic E-state index is 12.7. The summed E-state index contributed by atoms with van der Waals surface area (Å²) in [5, 5.41) is 0. The van der Waals surface area contributed by atoms with E-state index in [-0.39, 0.29) is 17.9 Å². The van der Waals surface area contributed by atoms with Crippen LogP contribution in [0.3, 0.4) is 0 Å². The summed E-state index contributed by atoms with van der Waals surface area (Å²) >= 11 is 1.64. The molecule has 1 saturated heterocycles. The first-order valence-corrected chi connectivity index (χ1v) is 9.39. The van der Waals surface area contributed by atoms with Crippen molar-refractivity contribution < 1.29 is 9.59 Å². The van der Waals surface area contributed by atoms with Gasteiger partial charge in [-0.2, -0.15) is 0 Å². The van der Waals surface area contributed by atoms with Gasteiger partial charge in [0.25, 0.3) is 5.91 Å². The molecule has 0 radical (unpaired) electrons. The number of aromatic nitrogens is 1. The SMILES string of the molecule is CC/C=C(\C)C(=O)N1CSC[C@@H]1C(=O)N(C)CCc1ccncc1. The van der Waals surface area contributed by atoms with E-state index >= 15 is 0 Å². The Labute approximate surface area is 148 Å². The fourth-order valence-corrected chi connectivity index (χ4v) is 3.82. The van der Waals surface area contributed by atoms with Crippen molar-refractivity contribution in [2.75, 3.05) is 25.2 Å². The van der Waals surface area contributed by atoms with Crippen molar-refractivity contribution in [3.8, 4) is 0 Å². The molecule has 1 aliphatic rings. The first kappa shape index (κ1) is 18.5. The van der Waals surface area contributed by atoms with E-state index in [0.717, 1.165) is 24.0 Å². The van der Waals surface area contributed by atoms with E-state index in [1.54, 1.807) is 34.0 Å². The molecule has 2 rings (SSSR count). The van der Waals surface area contributed by atoms with Gasteiger partial charge in [0.05, 0.1) is 5.88 Å². The molecule has 0 bridgehead atoms. The lowest BCUT2D eigenvalue weighted by Crippen LogP contribution is -2.48. The van der Waals surface area contributed by atoms with Crippen molar-refractivity contribution in [1.29, 1.82) is 0 Å². The summed E-state index contributed by atoms with van der Waals surface area (Å²) in [6, 6.07) is 3.56. The number of nitrogens with zero attached hydrogens (tertiary/aromatic N) is 3. The molecule has 5 nitrogen and oxygen atoms in total. The molecule has 1 atom stereocenters. The summed E-state index contributed by atoms with van der Waals surface area (Å²) in [7, 11) is 1.81. The quantitative estimate of drug-likeness (QED) is 0.741. The molecule has 2 amide bonds. The minimum atomic E-state index is -0.356. The Morgan fingerprint density at radius 3 is 2.79 bits per heavy atom. The van der Waals surface area contributed by atoms with Crippen LogP contribution in [0.1, 0.15) is 25.8 Å². The molecule has 0 aliphatic carbocycles. The zero-order valence-corrected chi connectivity index (χ0v) is 15.4. The second kappa shape index (κ2) is 8.87. The predicted molar refractivity (Wildman–Crippen MR) is 97.6 cm³/mol. The monoisotopic (exact) mass is 347 g/mol. The first-order valence-electron chi connectivity index (χ1n) is 8.24. The summed E-state index contributed by atoms with van der Waals surface area (Å²) in [4.78, 5) is 32.7. The van der Waals surface area contributed by atoms with Crippen molar-refractivity contribution in [2.45, 2.75) is 32.7 Å². The van der Waals surface area contributed by atoms with Crippen LogP contribution in [0.2, 0.25) is 0 Å². The molecule has 0 saturated carbocycles. The maximum atomic E-state index is 12.7. The van der Waals surface area contributed by atoms with E-state index in [1.807, 2.05) is 39.1 Å². The second-order valence-corrected chi connectivity index (χ2v) is 6.95. The lowest BCUT2D eigenvalue weighted by atomic mass is 10.1. The maximum Gasteiger partial charge on any atom is 0.250 e. The Morgan fingerprint density at radius 1 is 1.42 bits per heavy atom. The van der Waals surface area contributed by atoms with Crippen LogP contribution in [-0.2, 0) is 16.0 Å². The van der Waals surface area contributed by atoms with Crippen molar-refractivity contribution in [3.63, 3.8) is 0 Å². The Kier molecular flexibility index (Phi) is 6.85. The van der Waals surface area contributed by atoms with Gasteiger partial charge in [0.1, 0.15) is 6.04 Å². The zero-order valence-electron chi connectivity index (χ0n) is 14.6. The Balaban J connectivity index is 1.96. The van der Waals surface area contributed by atoms with Crippen LogP contribution in [0.25, 0.3) is 0 Å². The van der Waals surface area contributed by atoms with Crippen LogP contribution in [0.5, 0.6) is 0 Å². The average molecular weight is 347 g/mol. The van der Waals surface area contributed by atoms with Crippen molar-refractivity contribution in [1.82, 2.24) is 14.8 Å². The third kappa shape index (κ3) is 4.60. The van der Waals surface area contributed by atoms with Crippen LogP contribution < -0.4 is 0 Å². The smallest absolute Gasteiger partial charge is 0.250 e. The van der Waals surface area contributed by atoms with Crippen molar-refractivity contribution in [2.24, 2.45) is 0 Å². The lowest BCUT2D eigenvalue weighted by Gasteiger charge is -2.27. The molecule has 1 fully saturated rings. The van der Waals surface area contributed by atoms with Gasteiger partial charge >= 0.3 is 0 Å².